The Balaban J connectivity index is 1.76. The van der Waals surface area contributed by atoms with Crippen molar-refractivity contribution < 1.29 is 18.8 Å². The van der Waals surface area contributed by atoms with Crippen LogP contribution in [0.4, 0.5) is 0 Å². The molecule has 3 rings (SSSR count). The van der Waals surface area contributed by atoms with Crippen molar-refractivity contribution in [3.05, 3.63) is 69.8 Å². The zero-order valence-electron chi connectivity index (χ0n) is 13.0. The lowest BCUT2D eigenvalue weighted by molar-refractivity contribution is 0.0729. The molecule has 128 valence electrons. The fourth-order valence-corrected chi connectivity index (χ4v) is 2.46. The van der Waals surface area contributed by atoms with Crippen LogP contribution in [0.15, 0.2) is 47.0 Å². The van der Waals surface area contributed by atoms with Crippen molar-refractivity contribution >= 4 is 29.2 Å². The molecule has 0 fully saturated rings. The molecule has 0 amide bonds. The van der Waals surface area contributed by atoms with Crippen LogP contribution in [0.1, 0.15) is 22.1 Å². The summed E-state index contributed by atoms with van der Waals surface area (Å²) in [5, 5.41) is 4.42. The van der Waals surface area contributed by atoms with Crippen molar-refractivity contribution in [1.29, 1.82) is 0 Å². The van der Waals surface area contributed by atoms with Gasteiger partial charge < -0.3 is 14.0 Å². The average Bonchev–Trinajstić information content (AvgIpc) is 3.01. The second kappa shape index (κ2) is 7.55. The van der Waals surface area contributed by atoms with Crippen LogP contribution in [-0.4, -0.2) is 16.1 Å². The molecule has 0 bridgehead atoms. The molecule has 1 aromatic heterocycles. The Morgan fingerprint density at radius 1 is 1.16 bits per heavy atom. The summed E-state index contributed by atoms with van der Waals surface area (Å²) in [6.07, 6.45) is 0. The summed E-state index contributed by atoms with van der Waals surface area (Å²) in [6, 6.07) is 11.3. The van der Waals surface area contributed by atoms with E-state index in [1.807, 2.05) is 0 Å². The van der Waals surface area contributed by atoms with Crippen molar-refractivity contribution in [2.24, 2.45) is 0 Å². The standard InChI is InChI=1S/C17H12Cl2N2O4/c1-10-20-16(21-25-10)9-23-14-5-3-2-4-12(14)17(22)24-15-7-6-11(18)8-13(15)19/h2-8H,9H2,1H3. The molecule has 0 N–H and O–H groups in total. The lowest BCUT2D eigenvalue weighted by Gasteiger charge is -2.10. The number of hydrogen-bond acceptors (Lipinski definition) is 6. The molecule has 0 radical (unpaired) electrons. The van der Waals surface area contributed by atoms with Gasteiger partial charge in [-0.3, -0.25) is 0 Å². The normalized spacial score (nSPS) is 10.5. The number of aromatic nitrogens is 2. The molecule has 0 saturated heterocycles. The number of carbonyl (C=O) groups excluding carboxylic acids is 1. The minimum Gasteiger partial charge on any atom is -0.485 e. The minimum atomic E-state index is -0.607. The van der Waals surface area contributed by atoms with Gasteiger partial charge in [0.25, 0.3) is 0 Å². The molecule has 0 saturated carbocycles. The number of benzene rings is 2. The van der Waals surface area contributed by atoms with Crippen LogP contribution in [0.2, 0.25) is 10.0 Å². The first-order valence-electron chi connectivity index (χ1n) is 7.21. The molecule has 8 heteroatoms. The molecular formula is C17H12Cl2N2O4. The van der Waals surface area contributed by atoms with Gasteiger partial charge in [0.05, 0.1) is 5.02 Å². The molecule has 1 heterocycles. The largest absolute Gasteiger partial charge is 0.485 e. The maximum absolute atomic E-state index is 12.4. The van der Waals surface area contributed by atoms with Gasteiger partial charge in [0.1, 0.15) is 17.1 Å². The summed E-state index contributed by atoms with van der Waals surface area (Å²) in [5.74, 6) is 0.744. The predicted molar refractivity (Wildman–Crippen MR) is 91.2 cm³/mol. The Morgan fingerprint density at radius 2 is 1.96 bits per heavy atom. The molecule has 6 nitrogen and oxygen atoms in total. The number of para-hydroxylation sites is 1. The van der Waals surface area contributed by atoms with Crippen molar-refractivity contribution in [3.8, 4) is 11.5 Å². The number of nitrogens with zero attached hydrogens (tertiary/aromatic N) is 2. The number of carbonyl (C=O) groups is 1. The Kier molecular flexibility index (Phi) is 5.21. The van der Waals surface area contributed by atoms with Gasteiger partial charge in [-0.05, 0) is 30.3 Å². The molecule has 25 heavy (non-hydrogen) atoms. The molecule has 0 spiro atoms. The Bertz CT molecular complexity index is 911. The van der Waals surface area contributed by atoms with Gasteiger partial charge in [0, 0.05) is 11.9 Å². The second-order valence-electron chi connectivity index (χ2n) is 4.98. The summed E-state index contributed by atoms with van der Waals surface area (Å²) >= 11 is 11.9. The fourth-order valence-electron chi connectivity index (χ4n) is 2.02. The third kappa shape index (κ3) is 4.29. The van der Waals surface area contributed by atoms with Gasteiger partial charge in [-0.25, -0.2) is 4.79 Å². The highest BCUT2D eigenvalue weighted by Crippen LogP contribution is 2.29. The third-order valence-corrected chi connectivity index (χ3v) is 3.66. The van der Waals surface area contributed by atoms with Crippen molar-refractivity contribution in [3.63, 3.8) is 0 Å². The quantitative estimate of drug-likeness (QED) is 0.481. The second-order valence-corrected chi connectivity index (χ2v) is 5.82. The van der Waals surface area contributed by atoms with Crippen LogP contribution >= 0.6 is 23.2 Å². The van der Waals surface area contributed by atoms with Crippen LogP contribution in [-0.2, 0) is 6.61 Å². The minimum absolute atomic E-state index is 0.0589. The number of hydrogen-bond donors (Lipinski definition) is 0. The molecule has 0 atom stereocenters. The molecular weight excluding hydrogens is 367 g/mol. The summed E-state index contributed by atoms with van der Waals surface area (Å²) in [5.41, 5.74) is 0.244. The van der Waals surface area contributed by atoms with Crippen LogP contribution in [0.25, 0.3) is 0 Å². The van der Waals surface area contributed by atoms with Crippen molar-refractivity contribution in [2.75, 3.05) is 0 Å². The van der Waals surface area contributed by atoms with Gasteiger partial charge in [-0.2, -0.15) is 4.98 Å². The highest BCUT2D eigenvalue weighted by atomic mass is 35.5. The van der Waals surface area contributed by atoms with E-state index >= 15 is 0 Å². The zero-order chi connectivity index (χ0) is 17.8. The maximum atomic E-state index is 12.4. The zero-order valence-corrected chi connectivity index (χ0v) is 14.5. The van der Waals surface area contributed by atoms with Crippen molar-refractivity contribution in [2.45, 2.75) is 13.5 Å². The van der Waals surface area contributed by atoms with E-state index in [0.717, 1.165) is 0 Å². The van der Waals surface area contributed by atoms with Gasteiger partial charge >= 0.3 is 5.97 Å². The first-order chi connectivity index (χ1) is 12.0. The van der Waals surface area contributed by atoms with Gasteiger partial charge in [0.15, 0.2) is 6.61 Å². The third-order valence-electron chi connectivity index (χ3n) is 3.13. The molecule has 0 unspecified atom stereocenters. The SMILES string of the molecule is Cc1nc(COc2ccccc2C(=O)Oc2ccc(Cl)cc2Cl)no1. The highest BCUT2D eigenvalue weighted by Gasteiger charge is 2.17. The van der Waals surface area contributed by atoms with Crippen LogP contribution in [0.3, 0.4) is 0 Å². The summed E-state index contributed by atoms with van der Waals surface area (Å²) in [7, 11) is 0. The average molecular weight is 379 g/mol. The van der Waals surface area contributed by atoms with E-state index in [4.69, 9.17) is 37.2 Å². The predicted octanol–water partition coefficient (Wildman–Crippen LogP) is 4.48. The van der Waals surface area contributed by atoms with Crippen LogP contribution in [0.5, 0.6) is 11.5 Å². The molecule has 2 aromatic carbocycles. The van der Waals surface area contributed by atoms with Crippen LogP contribution in [0, 0.1) is 6.92 Å². The number of esters is 1. The van der Waals surface area contributed by atoms with E-state index < -0.39 is 5.97 Å². The number of halogens is 2. The lowest BCUT2D eigenvalue weighted by Crippen LogP contribution is -2.11. The highest BCUT2D eigenvalue weighted by molar-refractivity contribution is 6.35. The summed E-state index contributed by atoms with van der Waals surface area (Å²) < 4.78 is 15.8. The first kappa shape index (κ1) is 17.3. The number of rotatable bonds is 5. The first-order valence-corrected chi connectivity index (χ1v) is 7.97. The summed E-state index contributed by atoms with van der Waals surface area (Å²) in [6.45, 7) is 1.74. The molecule has 0 aliphatic rings. The number of aryl methyl sites for hydroxylation is 1. The van der Waals surface area contributed by atoms with E-state index in [2.05, 4.69) is 10.1 Å². The van der Waals surface area contributed by atoms with E-state index in [0.29, 0.717) is 22.5 Å². The molecule has 0 aliphatic heterocycles. The Morgan fingerprint density at radius 3 is 2.68 bits per heavy atom. The van der Waals surface area contributed by atoms with E-state index in [1.165, 1.54) is 12.1 Å². The van der Waals surface area contributed by atoms with E-state index in [9.17, 15) is 4.79 Å². The van der Waals surface area contributed by atoms with E-state index in [1.54, 1.807) is 37.3 Å². The smallest absolute Gasteiger partial charge is 0.347 e. The molecule has 0 aliphatic carbocycles. The van der Waals surface area contributed by atoms with Crippen molar-refractivity contribution in [1.82, 2.24) is 10.1 Å². The van der Waals surface area contributed by atoms with Gasteiger partial charge in [-0.1, -0.05) is 40.5 Å². The fraction of sp³-hybridized carbons (Fsp3) is 0.118. The topological polar surface area (TPSA) is 74.5 Å². The van der Waals surface area contributed by atoms with Crippen LogP contribution < -0.4 is 9.47 Å². The lowest BCUT2D eigenvalue weighted by atomic mass is 10.2. The van der Waals surface area contributed by atoms with Gasteiger partial charge in [-0.15, -0.1) is 0 Å². The Labute approximate surface area is 153 Å². The van der Waals surface area contributed by atoms with E-state index in [-0.39, 0.29) is 22.9 Å². The monoisotopic (exact) mass is 378 g/mol. The Hall–Kier alpha value is -2.57. The molecule has 3 aromatic rings. The maximum Gasteiger partial charge on any atom is 0.347 e. The van der Waals surface area contributed by atoms with Gasteiger partial charge in [0.2, 0.25) is 11.7 Å². The summed E-state index contributed by atoms with van der Waals surface area (Å²) in [4.78, 5) is 16.5. The number of ether oxygens (including phenoxy) is 2.